The molecule has 7 nitrogen and oxygen atoms in total. The fraction of sp³-hybridized carbons (Fsp3) is 0.683. The highest BCUT2D eigenvalue weighted by Crippen LogP contribution is 2.22. The number of carbonyl (C=O) groups is 1. The second-order valence-electron chi connectivity index (χ2n) is 13.9. The molecule has 1 aliphatic rings. The second kappa shape index (κ2) is 24.4. The largest absolute Gasteiger partial charge is 0.494 e. The topological polar surface area (TPSA) is 82.1 Å². The zero-order chi connectivity index (χ0) is 35.0. The molecule has 3 rings (SSSR count). The number of nitrogens with zero attached hydrogens (tertiary/aromatic N) is 1. The van der Waals surface area contributed by atoms with Crippen LogP contribution in [0.3, 0.4) is 0 Å². The van der Waals surface area contributed by atoms with E-state index < -0.39 is 15.9 Å². The van der Waals surface area contributed by atoms with Gasteiger partial charge in [-0.15, -0.1) is 0 Å². The molecule has 2 aromatic carbocycles. The van der Waals surface area contributed by atoms with Crippen molar-refractivity contribution in [1.29, 1.82) is 0 Å². The number of carbonyl (C=O) groups excluding carboxylic acids is 1. The molecule has 8 heteroatoms. The first-order valence-electron chi connectivity index (χ1n) is 19.4. The van der Waals surface area contributed by atoms with Gasteiger partial charge in [0.1, 0.15) is 11.5 Å². The average molecular weight is 700 g/mol. The molecule has 1 unspecified atom stereocenters. The van der Waals surface area contributed by atoms with Gasteiger partial charge in [-0.25, -0.2) is 13.2 Å². The third-order valence-corrected chi connectivity index (χ3v) is 11.1. The van der Waals surface area contributed by atoms with Crippen LogP contribution < -0.4 is 14.4 Å². The summed E-state index contributed by atoms with van der Waals surface area (Å²) in [5.41, 5.74) is 2.22. The normalized spacial score (nSPS) is 14.8. The highest BCUT2D eigenvalue weighted by molar-refractivity contribution is 7.91. The number of hydrogen-bond acceptors (Lipinski definition) is 7. The highest BCUT2D eigenvalue weighted by atomic mass is 32.2. The third kappa shape index (κ3) is 18.2. The van der Waals surface area contributed by atoms with Gasteiger partial charge in [-0.05, 0) is 69.0 Å². The fourth-order valence-electron chi connectivity index (χ4n) is 6.27. The standard InChI is InChI=1S/C41H65NO6S/c1-3-4-5-6-7-8-9-12-15-18-21-40(48-39-26-22-36(2)23-27-39)41(43)47-33-20-17-14-11-10-13-16-19-32-46-38-28-24-37(25-29-38)42-30-34-49(44,45)35-31-42/h22-29,40H,3-21,30-35H2,1-2H3. The van der Waals surface area contributed by atoms with Crippen molar-refractivity contribution in [2.45, 2.75) is 142 Å². The summed E-state index contributed by atoms with van der Waals surface area (Å²) in [5.74, 6) is 1.82. The van der Waals surface area contributed by atoms with Crippen LogP contribution in [0.2, 0.25) is 0 Å². The number of anilines is 1. The van der Waals surface area contributed by atoms with Gasteiger partial charge in [0.05, 0.1) is 24.7 Å². The first-order valence-corrected chi connectivity index (χ1v) is 21.3. The van der Waals surface area contributed by atoms with Gasteiger partial charge in [0.25, 0.3) is 0 Å². The first kappa shape index (κ1) is 40.7. The van der Waals surface area contributed by atoms with Gasteiger partial charge in [0, 0.05) is 18.8 Å². The van der Waals surface area contributed by atoms with E-state index in [4.69, 9.17) is 14.2 Å². The van der Waals surface area contributed by atoms with Crippen molar-refractivity contribution >= 4 is 21.5 Å². The van der Waals surface area contributed by atoms with Crippen LogP contribution in [0.25, 0.3) is 0 Å². The second-order valence-corrected chi connectivity index (χ2v) is 16.2. The number of sulfone groups is 1. The summed E-state index contributed by atoms with van der Waals surface area (Å²) in [6.07, 6.45) is 21.8. The van der Waals surface area contributed by atoms with E-state index in [0.29, 0.717) is 32.7 Å². The maximum atomic E-state index is 13.0. The Morgan fingerprint density at radius 2 is 1.14 bits per heavy atom. The molecule has 1 saturated heterocycles. The summed E-state index contributed by atoms with van der Waals surface area (Å²) >= 11 is 0. The van der Waals surface area contributed by atoms with Crippen molar-refractivity contribution < 1.29 is 27.4 Å². The molecule has 1 heterocycles. The lowest BCUT2D eigenvalue weighted by molar-refractivity contribution is -0.152. The van der Waals surface area contributed by atoms with E-state index in [0.717, 1.165) is 62.1 Å². The summed E-state index contributed by atoms with van der Waals surface area (Å²) in [6, 6.07) is 15.9. The van der Waals surface area contributed by atoms with Crippen molar-refractivity contribution in [3.63, 3.8) is 0 Å². The predicted octanol–water partition coefficient (Wildman–Crippen LogP) is 10.0. The Hall–Kier alpha value is -2.74. The lowest BCUT2D eigenvalue weighted by Crippen LogP contribution is -2.40. The number of rotatable bonds is 27. The van der Waals surface area contributed by atoms with E-state index in [2.05, 4.69) is 11.8 Å². The van der Waals surface area contributed by atoms with Gasteiger partial charge in [0.2, 0.25) is 0 Å². The number of esters is 1. The van der Waals surface area contributed by atoms with Crippen molar-refractivity contribution in [2.75, 3.05) is 42.7 Å². The molecule has 1 atom stereocenters. The Morgan fingerprint density at radius 1 is 0.653 bits per heavy atom. The zero-order valence-electron chi connectivity index (χ0n) is 30.7. The molecule has 1 aliphatic heterocycles. The van der Waals surface area contributed by atoms with Crippen molar-refractivity contribution in [3.8, 4) is 11.5 Å². The van der Waals surface area contributed by atoms with E-state index in [1.54, 1.807) is 0 Å². The van der Waals surface area contributed by atoms with Crippen LogP contribution in [0.1, 0.15) is 134 Å². The molecule has 0 bridgehead atoms. The summed E-state index contributed by atoms with van der Waals surface area (Å²) in [5, 5.41) is 0. The Bertz CT molecular complexity index is 1230. The van der Waals surface area contributed by atoms with Crippen LogP contribution in [0, 0.1) is 6.92 Å². The van der Waals surface area contributed by atoms with Crippen molar-refractivity contribution in [1.82, 2.24) is 0 Å². The number of unbranched alkanes of at least 4 members (excludes halogenated alkanes) is 16. The molecule has 1 fully saturated rings. The molecule has 0 saturated carbocycles. The molecule has 2 aromatic rings. The van der Waals surface area contributed by atoms with E-state index in [-0.39, 0.29) is 17.5 Å². The zero-order valence-corrected chi connectivity index (χ0v) is 31.5. The number of aryl methyl sites for hydroxylation is 1. The molecule has 49 heavy (non-hydrogen) atoms. The Labute approximate surface area is 298 Å². The Morgan fingerprint density at radius 3 is 1.71 bits per heavy atom. The highest BCUT2D eigenvalue weighted by Gasteiger charge is 2.23. The number of ether oxygens (including phenoxy) is 3. The summed E-state index contributed by atoms with van der Waals surface area (Å²) in [7, 11) is -2.87. The SMILES string of the molecule is CCCCCCCCCCCCC(Oc1ccc(C)cc1)C(=O)OCCCCCCCCCCOc1ccc(N2CCS(=O)(=O)CC2)cc1. The molecule has 0 amide bonds. The summed E-state index contributed by atoms with van der Waals surface area (Å²) < 4.78 is 41.1. The first-order chi connectivity index (χ1) is 23.9. The van der Waals surface area contributed by atoms with E-state index in [9.17, 15) is 13.2 Å². The van der Waals surface area contributed by atoms with E-state index >= 15 is 0 Å². The third-order valence-electron chi connectivity index (χ3n) is 9.48. The minimum Gasteiger partial charge on any atom is -0.494 e. The number of benzene rings is 2. The van der Waals surface area contributed by atoms with Gasteiger partial charge in [0.15, 0.2) is 15.9 Å². The van der Waals surface area contributed by atoms with Crippen LogP contribution in [0.15, 0.2) is 48.5 Å². The van der Waals surface area contributed by atoms with Crippen molar-refractivity contribution in [3.05, 3.63) is 54.1 Å². The minimum absolute atomic E-state index is 0.228. The molecular weight excluding hydrogens is 635 g/mol. The van der Waals surface area contributed by atoms with E-state index in [1.807, 2.05) is 55.5 Å². The smallest absolute Gasteiger partial charge is 0.347 e. The quantitative estimate of drug-likeness (QED) is 0.0678. The van der Waals surface area contributed by atoms with Crippen LogP contribution in [0.5, 0.6) is 11.5 Å². The molecular formula is C41H65NO6S. The molecule has 0 radical (unpaired) electrons. The molecule has 0 N–H and O–H groups in total. The summed E-state index contributed by atoms with van der Waals surface area (Å²) in [6.45, 7) is 6.59. The van der Waals surface area contributed by atoms with Crippen LogP contribution >= 0.6 is 0 Å². The lowest BCUT2D eigenvalue weighted by atomic mass is 10.0. The molecule has 0 aromatic heterocycles. The minimum atomic E-state index is -2.87. The molecule has 276 valence electrons. The predicted molar refractivity (Wildman–Crippen MR) is 203 cm³/mol. The van der Waals surface area contributed by atoms with Crippen LogP contribution in [-0.2, 0) is 19.4 Å². The molecule has 0 aliphatic carbocycles. The average Bonchev–Trinajstić information content (AvgIpc) is 3.10. The van der Waals surface area contributed by atoms with Crippen molar-refractivity contribution in [2.24, 2.45) is 0 Å². The fourth-order valence-corrected chi connectivity index (χ4v) is 7.47. The summed E-state index contributed by atoms with van der Waals surface area (Å²) in [4.78, 5) is 15.1. The van der Waals surface area contributed by atoms with Gasteiger partial charge in [-0.2, -0.15) is 0 Å². The molecule has 0 spiro atoms. The maximum absolute atomic E-state index is 13.0. The van der Waals surface area contributed by atoms with Gasteiger partial charge in [-0.1, -0.05) is 121 Å². The number of hydrogen-bond donors (Lipinski definition) is 0. The monoisotopic (exact) mass is 699 g/mol. The van der Waals surface area contributed by atoms with Crippen LogP contribution in [0.4, 0.5) is 5.69 Å². The van der Waals surface area contributed by atoms with Gasteiger partial charge in [-0.3, -0.25) is 0 Å². The van der Waals surface area contributed by atoms with E-state index in [1.165, 1.54) is 76.2 Å². The Kier molecular flexibility index (Phi) is 20.3. The van der Waals surface area contributed by atoms with Gasteiger partial charge < -0.3 is 19.1 Å². The Balaban J connectivity index is 1.19. The van der Waals surface area contributed by atoms with Crippen LogP contribution in [-0.4, -0.2) is 58.3 Å². The lowest BCUT2D eigenvalue weighted by Gasteiger charge is -2.28. The maximum Gasteiger partial charge on any atom is 0.347 e. The van der Waals surface area contributed by atoms with Gasteiger partial charge >= 0.3 is 5.97 Å².